The summed E-state index contributed by atoms with van der Waals surface area (Å²) in [4.78, 5) is 19.8. The molecule has 6 nitrogen and oxygen atoms in total. The molecule has 1 amide bonds. The van der Waals surface area contributed by atoms with Crippen molar-refractivity contribution in [3.8, 4) is 5.88 Å². The van der Waals surface area contributed by atoms with Gasteiger partial charge >= 0.3 is 0 Å². The highest BCUT2D eigenvalue weighted by molar-refractivity contribution is 5.96. The van der Waals surface area contributed by atoms with Crippen molar-refractivity contribution in [2.75, 3.05) is 18.6 Å². The number of fused-ring (bicyclic) bond motifs is 2. The molecule has 0 fully saturated rings. The van der Waals surface area contributed by atoms with Crippen molar-refractivity contribution in [3.63, 3.8) is 0 Å². The summed E-state index contributed by atoms with van der Waals surface area (Å²) in [6.45, 7) is 6.69. The Balaban J connectivity index is 1.60. The Morgan fingerprint density at radius 2 is 1.87 bits per heavy atom. The number of methoxy groups -OCH3 is 1. The molecule has 0 aliphatic rings. The third-order valence-corrected chi connectivity index (χ3v) is 5.97. The molecule has 31 heavy (non-hydrogen) atoms. The quantitative estimate of drug-likeness (QED) is 0.456. The Kier molecular flexibility index (Phi) is 5.63. The van der Waals surface area contributed by atoms with Gasteiger partial charge in [-0.05, 0) is 61.2 Å². The Morgan fingerprint density at radius 1 is 1.13 bits per heavy atom. The molecule has 0 saturated carbocycles. The SMILES string of the molecule is CCN(C(=O)CCc1c(C)nc2c(c(OC)nn2C)c1C)c1ccc2ccccc2c1. The molecule has 0 atom stereocenters. The van der Waals surface area contributed by atoms with Crippen LogP contribution in [-0.4, -0.2) is 34.3 Å². The monoisotopic (exact) mass is 416 g/mol. The smallest absolute Gasteiger partial charge is 0.242 e. The largest absolute Gasteiger partial charge is 0.479 e. The van der Waals surface area contributed by atoms with Gasteiger partial charge < -0.3 is 9.64 Å². The zero-order chi connectivity index (χ0) is 22.1. The number of carbonyl (C=O) groups is 1. The van der Waals surface area contributed by atoms with Crippen LogP contribution in [0.1, 0.15) is 30.2 Å². The van der Waals surface area contributed by atoms with E-state index >= 15 is 0 Å². The van der Waals surface area contributed by atoms with Gasteiger partial charge in [-0.1, -0.05) is 30.3 Å². The van der Waals surface area contributed by atoms with Crippen molar-refractivity contribution in [2.45, 2.75) is 33.6 Å². The summed E-state index contributed by atoms with van der Waals surface area (Å²) < 4.78 is 7.19. The summed E-state index contributed by atoms with van der Waals surface area (Å²) in [6, 6.07) is 14.4. The number of amides is 1. The normalized spacial score (nSPS) is 11.3. The maximum Gasteiger partial charge on any atom is 0.242 e. The lowest BCUT2D eigenvalue weighted by Gasteiger charge is -2.22. The summed E-state index contributed by atoms with van der Waals surface area (Å²) in [5.74, 6) is 0.677. The summed E-state index contributed by atoms with van der Waals surface area (Å²) >= 11 is 0. The highest BCUT2D eigenvalue weighted by Crippen LogP contribution is 2.31. The van der Waals surface area contributed by atoms with Gasteiger partial charge in [0.2, 0.25) is 11.8 Å². The van der Waals surface area contributed by atoms with Gasteiger partial charge in [-0.2, -0.15) is 0 Å². The van der Waals surface area contributed by atoms with Crippen LogP contribution < -0.4 is 9.64 Å². The minimum absolute atomic E-state index is 0.106. The number of ether oxygens (including phenoxy) is 1. The van der Waals surface area contributed by atoms with Gasteiger partial charge in [0.25, 0.3) is 0 Å². The Labute approximate surface area is 182 Å². The van der Waals surface area contributed by atoms with Crippen LogP contribution in [0.2, 0.25) is 0 Å². The lowest BCUT2D eigenvalue weighted by Crippen LogP contribution is -2.30. The van der Waals surface area contributed by atoms with E-state index in [4.69, 9.17) is 9.72 Å². The molecule has 0 radical (unpaired) electrons. The number of rotatable bonds is 6. The zero-order valence-electron chi connectivity index (χ0n) is 18.8. The molecular weight excluding hydrogens is 388 g/mol. The highest BCUT2D eigenvalue weighted by atomic mass is 16.5. The number of aromatic nitrogens is 3. The van der Waals surface area contributed by atoms with E-state index in [-0.39, 0.29) is 5.91 Å². The molecule has 4 aromatic rings. The van der Waals surface area contributed by atoms with E-state index in [9.17, 15) is 4.79 Å². The van der Waals surface area contributed by atoms with Crippen LogP contribution in [0.25, 0.3) is 21.8 Å². The van der Waals surface area contributed by atoms with E-state index in [1.807, 2.05) is 44.0 Å². The van der Waals surface area contributed by atoms with E-state index in [1.54, 1.807) is 11.8 Å². The topological polar surface area (TPSA) is 60.3 Å². The fraction of sp³-hybridized carbons (Fsp3) is 0.320. The van der Waals surface area contributed by atoms with Gasteiger partial charge in [-0.3, -0.25) is 4.79 Å². The maximum atomic E-state index is 13.2. The number of aryl methyl sites for hydroxylation is 3. The summed E-state index contributed by atoms with van der Waals surface area (Å²) in [5, 5.41) is 7.63. The first-order chi connectivity index (χ1) is 14.9. The van der Waals surface area contributed by atoms with Gasteiger partial charge in [0, 0.05) is 31.4 Å². The molecule has 2 aromatic heterocycles. The van der Waals surface area contributed by atoms with Crippen molar-refractivity contribution < 1.29 is 9.53 Å². The molecule has 0 aliphatic carbocycles. The van der Waals surface area contributed by atoms with Crippen molar-refractivity contribution >= 4 is 33.4 Å². The first-order valence-electron chi connectivity index (χ1n) is 10.6. The average molecular weight is 417 g/mol. The number of hydrogen-bond donors (Lipinski definition) is 0. The third kappa shape index (κ3) is 3.74. The fourth-order valence-corrected chi connectivity index (χ4v) is 4.32. The van der Waals surface area contributed by atoms with Crippen molar-refractivity contribution in [1.82, 2.24) is 14.8 Å². The molecule has 0 unspecified atom stereocenters. The Morgan fingerprint density at radius 3 is 2.58 bits per heavy atom. The molecule has 4 rings (SSSR count). The molecule has 6 heteroatoms. The van der Waals surface area contributed by atoms with Crippen LogP contribution in [0.3, 0.4) is 0 Å². The fourth-order valence-electron chi connectivity index (χ4n) is 4.32. The number of hydrogen-bond acceptors (Lipinski definition) is 4. The first kappa shape index (κ1) is 20.8. The predicted octanol–water partition coefficient (Wildman–Crippen LogP) is 4.73. The minimum Gasteiger partial charge on any atom is -0.479 e. The van der Waals surface area contributed by atoms with Crippen LogP contribution in [0.5, 0.6) is 5.88 Å². The lowest BCUT2D eigenvalue weighted by atomic mass is 9.99. The molecule has 0 aliphatic heterocycles. The van der Waals surface area contributed by atoms with Crippen molar-refractivity contribution in [2.24, 2.45) is 7.05 Å². The Bertz CT molecular complexity index is 1280. The molecule has 0 saturated heterocycles. The van der Waals surface area contributed by atoms with Gasteiger partial charge in [-0.25, -0.2) is 9.67 Å². The number of pyridine rings is 1. The van der Waals surface area contributed by atoms with Crippen LogP contribution in [0.4, 0.5) is 5.69 Å². The molecule has 0 N–H and O–H groups in total. The second-order valence-electron chi connectivity index (χ2n) is 7.80. The molecule has 160 valence electrons. The van der Waals surface area contributed by atoms with E-state index in [2.05, 4.69) is 36.3 Å². The second-order valence-corrected chi connectivity index (χ2v) is 7.80. The first-order valence-corrected chi connectivity index (χ1v) is 10.6. The van der Waals surface area contributed by atoms with Crippen LogP contribution in [0.15, 0.2) is 42.5 Å². The van der Waals surface area contributed by atoms with E-state index < -0.39 is 0 Å². The van der Waals surface area contributed by atoms with Crippen LogP contribution >= 0.6 is 0 Å². The van der Waals surface area contributed by atoms with Crippen LogP contribution in [-0.2, 0) is 18.3 Å². The summed E-state index contributed by atoms with van der Waals surface area (Å²) in [6.07, 6.45) is 1.04. The standard InChI is InChI=1S/C25H28N4O2/c1-6-29(20-12-11-18-9-7-8-10-19(18)15-20)22(30)14-13-21-16(2)23-24(26-17(21)3)28(4)27-25(23)31-5/h7-12,15H,6,13-14H2,1-5H3. The predicted molar refractivity (Wildman–Crippen MR) is 125 cm³/mol. The van der Waals surface area contributed by atoms with Gasteiger partial charge in [0.05, 0.1) is 12.5 Å². The molecule has 0 spiro atoms. The number of anilines is 1. The van der Waals surface area contributed by atoms with Gasteiger partial charge in [-0.15, -0.1) is 5.10 Å². The molecule has 0 bridgehead atoms. The van der Waals surface area contributed by atoms with E-state index in [0.717, 1.165) is 38.9 Å². The van der Waals surface area contributed by atoms with Crippen LogP contribution in [0, 0.1) is 13.8 Å². The van der Waals surface area contributed by atoms with Crippen molar-refractivity contribution in [1.29, 1.82) is 0 Å². The average Bonchev–Trinajstić information content (AvgIpc) is 3.09. The number of benzene rings is 2. The Hall–Kier alpha value is -3.41. The number of nitrogens with zero attached hydrogens (tertiary/aromatic N) is 4. The number of carbonyl (C=O) groups excluding carboxylic acids is 1. The second kappa shape index (κ2) is 8.38. The van der Waals surface area contributed by atoms with E-state index in [1.165, 1.54) is 5.39 Å². The van der Waals surface area contributed by atoms with Gasteiger partial charge in [0.15, 0.2) is 5.65 Å². The summed E-state index contributed by atoms with van der Waals surface area (Å²) in [7, 11) is 3.48. The minimum atomic E-state index is 0.106. The molecular formula is C25H28N4O2. The van der Waals surface area contributed by atoms with E-state index in [0.29, 0.717) is 25.3 Å². The lowest BCUT2D eigenvalue weighted by molar-refractivity contribution is -0.118. The van der Waals surface area contributed by atoms with Gasteiger partial charge in [0.1, 0.15) is 0 Å². The van der Waals surface area contributed by atoms with Crippen molar-refractivity contribution in [3.05, 3.63) is 59.3 Å². The molecule has 2 aromatic carbocycles. The highest BCUT2D eigenvalue weighted by Gasteiger charge is 2.20. The maximum absolute atomic E-state index is 13.2. The zero-order valence-corrected chi connectivity index (χ0v) is 18.8. The summed E-state index contributed by atoms with van der Waals surface area (Å²) in [5.41, 5.74) is 4.82. The third-order valence-electron chi connectivity index (χ3n) is 5.97. The molecule has 2 heterocycles.